The van der Waals surface area contributed by atoms with Crippen LogP contribution in [0.5, 0.6) is 11.6 Å². The van der Waals surface area contributed by atoms with Gasteiger partial charge >= 0.3 is 5.97 Å². The van der Waals surface area contributed by atoms with E-state index in [0.717, 1.165) is 0 Å². The summed E-state index contributed by atoms with van der Waals surface area (Å²) in [5.41, 5.74) is 1.24. The summed E-state index contributed by atoms with van der Waals surface area (Å²) in [5, 5.41) is 2.77. The van der Waals surface area contributed by atoms with E-state index >= 15 is 0 Å². The van der Waals surface area contributed by atoms with Gasteiger partial charge in [-0.3, -0.25) is 4.79 Å². The molecule has 2 aromatic carbocycles. The molecule has 1 amide bonds. The van der Waals surface area contributed by atoms with Gasteiger partial charge < -0.3 is 19.5 Å². The van der Waals surface area contributed by atoms with Gasteiger partial charge in [0.25, 0.3) is 5.91 Å². The fraction of sp³-hybridized carbons (Fsp3) is 0.174. The minimum Gasteiger partial charge on any atom is -0.497 e. The van der Waals surface area contributed by atoms with Crippen LogP contribution in [0.1, 0.15) is 28.9 Å². The third kappa shape index (κ3) is 5.14. The molecule has 0 spiro atoms. The molecule has 30 heavy (non-hydrogen) atoms. The zero-order chi connectivity index (χ0) is 21.3. The van der Waals surface area contributed by atoms with Crippen LogP contribution in [-0.4, -0.2) is 30.6 Å². The first-order valence-corrected chi connectivity index (χ1v) is 9.41. The van der Waals surface area contributed by atoms with E-state index in [9.17, 15) is 9.59 Å². The number of nitrogens with one attached hydrogen (secondary N) is 1. The van der Waals surface area contributed by atoms with Crippen LogP contribution in [0, 0.1) is 0 Å². The van der Waals surface area contributed by atoms with E-state index in [1.807, 2.05) is 6.07 Å². The summed E-state index contributed by atoms with van der Waals surface area (Å²) in [5.74, 6) is -0.363. The second-order valence-electron chi connectivity index (χ2n) is 6.20. The Labute approximate surface area is 174 Å². The number of hydrogen-bond acceptors (Lipinski definition) is 6. The highest BCUT2D eigenvalue weighted by Gasteiger charge is 2.27. The van der Waals surface area contributed by atoms with E-state index in [1.165, 1.54) is 6.20 Å². The van der Waals surface area contributed by atoms with E-state index in [1.54, 1.807) is 74.7 Å². The van der Waals surface area contributed by atoms with Gasteiger partial charge in [-0.15, -0.1) is 0 Å². The number of hydrogen-bond donors (Lipinski definition) is 1. The van der Waals surface area contributed by atoms with Gasteiger partial charge in [0.2, 0.25) is 12.0 Å². The summed E-state index contributed by atoms with van der Waals surface area (Å²) in [7, 11) is 1.56. The molecular formula is C23H22N2O5. The van der Waals surface area contributed by atoms with E-state index < -0.39 is 18.0 Å². The molecule has 1 N–H and O–H groups in total. The van der Waals surface area contributed by atoms with Crippen molar-refractivity contribution in [3.63, 3.8) is 0 Å². The van der Waals surface area contributed by atoms with Crippen molar-refractivity contribution < 1.29 is 23.8 Å². The van der Waals surface area contributed by atoms with Gasteiger partial charge in [-0.1, -0.05) is 30.3 Å². The van der Waals surface area contributed by atoms with Crippen LogP contribution < -0.4 is 14.8 Å². The average molecular weight is 406 g/mol. The molecule has 0 aliphatic carbocycles. The maximum Gasteiger partial charge on any atom is 0.344 e. The lowest BCUT2D eigenvalue weighted by atomic mass is 10.1. The van der Waals surface area contributed by atoms with Crippen molar-refractivity contribution in [1.29, 1.82) is 0 Å². The van der Waals surface area contributed by atoms with Gasteiger partial charge in [0.05, 0.1) is 13.7 Å². The summed E-state index contributed by atoms with van der Waals surface area (Å²) in [6, 6.07) is 18.8. The molecular weight excluding hydrogens is 384 g/mol. The Morgan fingerprint density at radius 1 is 1.00 bits per heavy atom. The van der Waals surface area contributed by atoms with Crippen molar-refractivity contribution in [1.82, 2.24) is 4.98 Å². The fourth-order valence-corrected chi connectivity index (χ4v) is 2.75. The normalized spacial score (nSPS) is 11.3. The molecule has 7 nitrogen and oxygen atoms in total. The van der Waals surface area contributed by atoms with Crippen LogP contribution in [-0.2, 0) is 9.53 Å². The first-order chi connectivity index (χ1) is 14.6. The largest absolute Gasteiger partial charge is 0.497 e. The summed E-state index contributed by atoms with van der Waals surface area (Å²) in [4.78, 5) is 29.9. The standard InChI is InChI=1S/C23H22N2O5/c1-3-29-22-19(10-7-15-24-22)23(27)30-20(16-8-5-4-6-9-16)21(26)25-17-11-13-18(28-2)14-12-17/h4-15,20H,3H2,1-2H3,(H,25,26)/t20-/m0/s1. The average Bonchev–Trinajstić information content (AvgIpc) is 2.79. The minimum absolute atomic E-state index is 0.150. The molecule has 154 valence electrons. The van der Waals surface area contributed by atoms with Crippen molar-refractivity contribution in [2.45, 2.75) is 13.0 Å². The van der Waals surface area contributed by atoms with E-state index in [4.69, 9.17) is 14.2 Å². The Bertz CT molecular complexity index is 990. The van der Waals surface area contributed by atoms with Gasteiger partial charge in [0, 0.05) is 17.4 Å². The topological polar surface area (TPSA) is 86.8 Å². The highest BCUT2D eigenvalue weighted by Crippen LogP contribution is 2.24. The van der Waals surface area contributed by atoms with Crippen molar-refractivity contribution >= 4 is 17.6 Å². The molecule has 0 aliphatic rings. The van der Waals surface area contributed by atoms with Gasteiger partial charge in [-0.05, 0) is 43.3 Å². The fourth-order valence-electron chi connectivity index (χ4n) is 2.75. The number of anilines is 1. The minimum atomic E-state index is -1.16. The lowest BCUT2D eigenvalue weighted by molar-refractivity contribution is -0.125. The predicted octanol–water partition coefficient (Wildman–Crippen LogP) is 4.03. The zero-order valence-electron chi connectivity index (χ0n) is 16.7. The van der Waals surface area contributed by atoms with Gasteiger partial charge in [-0.2, -0.15) is 0 Å². The van der Waals surface area contributed by atoms with Crippen LogP contribution in [0.3, 0.4) is 0 Å². The number of ether oxygens (including phenoxy) is 3. The monoisotopic (exact) mass is 406 g/mol. The number of pyridine rings is 1. The lowest BCUT2D eigenvalue weighted by Crippen LogP contribution is -2.26. The molecule has 3 rings (SSSR count). The van der Waals surface area contributed by atoms with Gasteiger partial charge in [0.1, 0.15) is 11.3 Å². The Hall–Kier alpha value is -3.87. The van der Waals surface area contributed by atoms with E-state index in [-0.39, 0.29) is 11.4 Å². The Morgan fingerprint density at radius 2 is 1.73 bits per heavy atom. The maximum atomic E-state index is 13.0. The molecule has 0 radical (unpaired) electrons. The Balaban J connectivity index is 1.84. The molecule has 1 atom stereocenters. The summed E-state index contributed by atoms with van der Waals surface area (Å²) < 4.78 is 16.1. The van der Waals surface area contributed by atoms with E-state index in [0.29, 0.717) is 23.6 Å². The Morgan fingerprint density at radius 3 is 2.40 bits per heavy atom. The second kappa shape index (κ2) is 10.1. The molecule has 0 saturated heterocycles. The van der Waals surface area contributed by atoms with Crippen molar-refractivity contribution in [2.24, 2.45) is 0 Å². The van der Waals surface area contributed by atoms with Crippen LogP contribution in [0.25, 0.3) is 0 Å². The molecule has 1 heterocycles. The summed E-state index contributed by atoms with van der Waals surface area (Å²) >= 11 is 0. The Kier molecular flexibility index (Phi) is 7.00. The number of carbonyl (C=O) groups is 2. The number of esters is 1. The number of benzene rings is 2. The van der Waals surface area contributed by atoms with E-state index in [2.05, 4.69) is 10.3 Å². The highest BCUT2D eigenvalue weighted by atomic mass is 16.6. The third-order valence-electron chi connectivity index (χ3n) is 4.20. The zero-order valence-corrected chi connectivity index (χ0v) is 16.7. The number of methoxy groups -OCH3 is 1. The molecule has 7 heteroatoms. The molecule has 0 bridgehead atoms. The first-order valence-electron chi connectivity index (χ1n) is 9.41. The van der Waals surface area contributed by atoms with Crippen LogP contribution in [0.4, 0.5) is 5.69 Å². The number of rotatable bonds is 8. The van der Waals surface area contributed by atoms with Gasteiger partial charge in [-0.25, -0.2) is 9.78 Å². The molecule has 0 fully saturated rings. The van der Waals surface area contributed by atoms with Crippen LogP contribution in [0.15, 0.2) is 72.9 Å². The lowest BCUT2D eigenvalue weighted by Gasteiger charge is -2.19. The SMILES string of the molecule is CCOc1ncccc1C(=O)O[C@H](C(=O)Nc1ccc(OC)cc1)c1ccccc1. The molecule has 1 aromatic heterocycles. The summed E-state index contributed by atoms with van der Waals surface area (Å²) in [6.45, 7) is 2.14. The third-order valence-corrected chi connectivity index (χ3v) is 4.20. The van der Waals surface area contributed by atoms with Crippen molar-refractivity contribution in [2.75, 3.05) is 19.0 Å². The first kappa shape index (κ1) is 20.9. The number of carbonyl (C=O) groups excluding carboxylic acids is 2. The maximum absolute atomic E-state index is 13.0. The molecule has 0 saturated carbocycles. The molecule has 0 unspecified atom stereocenters. The number of nitrogens with zero attached hydrogens (tertiary/aromatic N) is 1. The predicted molar refractivity (Wildman–Crippen MR) is 112 cm³/mol. The molecule has 0 aliphatic heterocycles. The highest BCUT2D eigenvalue weighted by molar-refractivity contribution is 5.98. The van der Waals surface area contributed by atoms with Gasteiger partial charge in [0.15, 0.2) is 0 Å². The smallest absolute Gasteiger partial charge is 0.344 e. The van der Waals surface area contributed by atoms with Crippen LogP contribution >= 0.6 is 0 Å². The van der Waals surface area contributed by atoms with Crippen molar-refractivity contribution in [3.05, 3.63) is 84.1 Å². The molecule has 3 aromatic rings. The quantitative estimate of drug-likeness (QED) is 0.569. The summed E-state index contributed by atoms with van der Waals surface area (Å²) in [6.07, 6.45) is 0.364. The number of aromatic nitrogens is 1. The van der Waals surface area contributed by atoms with Crippen molar-refractivity contribution in [3.8, 4) is 11.6 Å². The van der Waals surface area contributed by atoms with Crippen LogP contribution in [0.2, 0.25) is 0 Å². The number of amides is 1. The second-order valence-corrected chi connectivity index (χ2v) is 6.20.